The molecule has 0 aromatic carbocycles. The van der Waals surface area contributed by atoms with Crippen LogP contribution in [0.2, 0.25) is 0 Å². The summed E-state index contributed by atoms with van der Waals surface area (Å²) < 4.78 is 0. The van der Waals surface area contributed by atoms with Gasteiger partial charge in [0.25, 0.3) is 0 Å². The number of aliphatic hydroxyl groups is 1. The number of carbonyl (C=O) groups is 1. The first-order chi connectivity index (χ1) is 7.69. The number of rotatable bonds is 6. The summed E-state index contributed by atoms with van der Waals surface area (Å²) in [4.78, 5) is 16.8. The minimum absolute atomic E-state index is 0.0348. The molecule has 1 rings (SSSR count). The lowest BCUT2D eigenvalue weighted by Gasteiger charge is -2.20. The van der Waals surface area contributed by atoms with Crippen LogP contribution in [0.4, 0.5) is 5.82 Å². The highest BCUT2D eigenvalue weighted by Gasteiger charge is 2.06. The molecule has 1 aromatic heterocycles. The molecule has 0 spiro atoms. The fourth-order valence-electron chi connectivity index (χ4n) is 1.29. The van der Waals surface area contributed by atoms with E-state index in [1.165, 1.54) is 6.20 Å². The Bertz CT molecular complexity index is 362. The molecule has 0 fully saturated rings. The zero-order chi connectivity index (χ0) is 12.0. The number of pyridine rings is 1. The lowest BCUT2D eigenvalue weighted by molar-refractivity contribution is 0.1000. The van der Waals surface area contributed by atoms with Crippen LogP contribution in [0.15, 0.2) is 31.0 Å². The van der Waals surface area contributed by atoms with Gasteiger partial charge in [0.1, 0.15) is 5.82 Å². The zero-order valence-electron chi connectivity index (χ0n) is 8.97. The fourth-order valence-corrected chi connectivity index (χ4v) is 1.29. The Morgan fingerprint density at radius 1 is 1.62 bits per heavy atom. The van der Waals surface area contributed by atoms with Gasteiger partial charge in [-0.15, -0.1) is 6.58 Å². The van der Waals surface area contributed by atoms with Crippen LogP contribution in [0.1, 0.15) is 10.4 Å². The molecule has 1 aromatic rings. The Hall–Kier alpha value is -1.88. The van der Waals surface area contributed by atoms with Crippen LogP contribution in [-0.4, -0.2) is 35.7 Å². The molecule has 0 aliphatic rings. The van der Waals surface area contributed by atoms with Gasteiger partial charge < -0.3 is 15.7 Å². The molecule has 1 amide bonds. The van der Waals surface area contributed by atoms with Crippen LogP contribution < -0.4 is 10.6 Å². The van der Waals surface area contributed by atoms with E-state index in [9.17, 15) is 4.79 Å². The van der Waals surface area contributed by atoms with Gasteiger partial charge in [0.15, 0.2) is 0 Å². The van der Waals surface area contributed by atoms with Crippen LogP contribution >= 0.6 is 0 Å². The van der Waals surface area contributed by atoms with Crippen molar-refractivity contribution in [1.82, 2.24) is 4.98 Å². The summed E-state index contributed by atoms with van der Waals surface area (Å²) >= 11 is 0. The van der Waals surface area contributed by atoms with Crippen LogP contribution in [-0.2, 0) is 0 Å². The van der Waals surface area contributed by atoms with Crippen molar-refractivity contribution < 1.29 is 9.90 Å². The SMILES string of the molecule is C=CCN(CCO)c1ccc(C(N)=O)cn1. The van der Waals surface area contributed by atoms with E-state index in [0.29, 0.717) is 24.5 Å². The van der Waals surface area contributed by atoms with Crippen molar-refractivity contribution >= 4 is 11.7 Å². The normalized spacial score (nSPS) is 9.81. The van der Waals surface area contributed by atoms with Gasteiger partial charge in [-0.2, -0.15) is 0 Å². The lowest BCUT2D eigenvalue weighted by Crippen LogP contribution is -2.27. The summed E-state index contributed by atoms with van der Waals surface area (Å²) in [6, 6.07) is 3.30. The molecule has 86 valence electrons. The smallest absolute Gasteiger partial charge is 0.250 e. The quantitative estimate of drug-likeness (QED) is 0.671. The molecular weight excluding hydrogens is 206 g/mol. The standard InChI is InChI=1S/C11H15N3O2/c1-2-5-14(6-7-15)10-4-3-9(8-13-10)11(12)16/h2-4,8,15H,1,5-7H2,(H2,12,16). The second kappa shape index (κ2) is 5.87. The summed E-state index contributed by atoms with van der Waals surface area (Å²) in [5.41, 5.74) is 5.48. The average molecular weight is 221 g/mol. The number of primary amides is 1. The maximum atomic E-state index is 10.8. The molecule has 0 aliphatic heterocycles. The van der Waals surface area contributed by atoms with E-state index in [-0.39, 0.29) is 6.61 Å². The highest BCUT2D eigenvalue weighted by molar-refractivity contribution is 5.92. The summed E-state index contributed by atoms with van der Waals surface area (Å²) in [6.07, 6.45) is 3.14. The molecule has 0 unspecified atom stereocenters. The summed E-state index contributed by atoms with van der Waals surface area (Å²) in [6.45, 7) is 4.72. The molecule has 1 heterocycles. The van der Waals surface area contributed by atoms with Gasteiger partial charge >= 0.3 is 0 Å². The highest BCUT2D eigenvalue weighted by Crippen LogP contribution is 2.10. The number of aliphatic hydroxyl groups excluding tert-OH is 1. The van der Waals surface area contributed by atoms with Gasteiger partial charge in [0.05, 0.1) is 12.2 Å². The van der Waals surface area contributed by atoms with Crippen LogP contribution in [0, 0.1) is 0 Å². The van der Waals surface area contributed by atoms with Gasteiger partial charge in [-0.1, -0.05) is 6.08 Å². The highest BCUT2D eigenvalue weighted by atomic mass is 16.3. The van der Waals surface area contributed by atoms with Crippen molar-refractivity contribution in [2.75, 3.05) is 24.6 Å². The molecule has 5 nitrogen and oxygen atoms in total. The molecular formula is C11H15N3O2. The number of anilines is 1. The van der Waals surface area contributed by atoms with Crippen molar-refractivity contribution in [3.05, 3.63) is 36.5 Å². The third kappa shape index (κ3) is 3.06. The average Bonchev–Trinajstić information content (AvgIpc) is 2.29. The summed E-state index contributed by atoms with van der Waals surface area (Å²) in [7, 11) is 0. The lowest BCUT2D eigenvalue weighted by atomic mass is 10.2. The summed E-state index contributed by atoms with van der Waals surface area (Å²) in [5.74, 6) is 0.176. The zero-order valence-corrected chi connectivity index (χ0v) is 8.97. The molecule has 0 aliphatic carbocycles. The van der Waals surface area contributed by atoms with Gasteiger partial charge in [-0.05, 0) is 12.1 Å². The van der Waals surface area contributed by atoms with E-state index in [1.54, 1.807) is 18.2 Å². The molecule has 5 heteroatoms. The number of aromatic nitrogens is 1. The third-order valence-electron chi connectivity index (χ3n) is 2.08. The predicted molar refractivity (Wildman–Crippen MR) is 62.3 cm³/mol. The Morgan fingerprint density at radius 3 is 2.81 bits per heavy atom. The molecule has 0 saturated heterocycles. The van der Waals surface area contributed by atoms with Crippen molar-refractivity contribution in [2.45, 2.75) is 0 Å². The predicted octanol–water partition coefficient (Wildman–Crippen LogP) is 0.165. The molecule has 0 radical (unpaired) electrons. The van der Waals surface area contributed by atoms with E-state index in [1.807, 2.05) is 4.90 Å². The number of carbonyl (C=O) groups excluding carboxylic acids is 1. The third-order valence-corrected chi connectivity index (χ3v) is 2.08. The molecule has 0 saturated carbocycles. The number of nitrogens with zero attached hydrogens (tertiary/aromatic N) is 2. The Labute approximate surface area is 94.2 Å². The first-order valence-corrected chi connectivity index (χ1v) is 4.91. The van der Waals surface area contributed by atoms with E-state index in [0.717, 1.165) is 0 Å². The van der Waals surface area contributed by atoms with E-state index < -0.39 is 5.91 Å². The number of hydrogen-bond acceptors (Lipinski definition) is 4. The largest absolute Gasteiger partial charge is 0.395 e. The van der Waals surface area contributed by atoms with Gasteiger partial charge in [-0.25, -0.2) is 4.98 Å². The maximum Gasteiger partial charge on any atom is 0.250 e. The molecule has 3 N–H and O–H groups in total. The second-order valence-electron chi connectivity index (χ2n) is 3.23. The van der Waals surface area contributed by atoms with Gasteiger partial charge in [-0.3, -0.25) is 4.79 Å². The number of hydrogen-bond donors (Lipinski definition) is 2. The number of nitrogens with two attached hydrogens (primary N) is 1. The maximum absolute atomic E-state index is 10.8. The number of amides is 1. The van der Waals surface area contributed by atoms with Crippen molar-refractivity contribution in [2.24, 2.45) is 5.73 Å². The van der Waals surface area contributed by atoms with Gasteiger partial charge in [0, 0.05) is 19.3 Å². The Balaban J connectivity index is 2.84. The first kappa shape index (κ1) is 12.2. The van der Waals surface area contributed by atoms with E-state index in [2.05, 4.69) is 11.6 Å². The Morgan fingerprint density at radius 2 is 2.38 bits per heavy atom. The molecule has 16 heavy (non-hydrogen) atoms. The van der Waals surface area contributed by atoms with Crippen LogP contribution in [0.3, 0.4) is 0 Å². The van der Waals surface area contributed by atoms with E-state index >= 15 is 0 Å². The van der Waals surface area contributed by atoms with Crippen molar-refractivity contribution in [1.29, 1.82) is 0 Å². The van der Waals surface area contributed by atoms with E-state index in [4.69, 9.17) is 10.8 Å². The Kier molecular flexibility index (Phi) is 4.47. The fraction of sp³-hybridized carbons (Fsp3) is 0.273. The monoisotopic (exact) mass is 221 g/mol. The summed E-state index contributed by atoms with van der Waals surface area (Å²) in [5, 5.41) is 8.89. The second-order valence-corrected chi connectivity index (χ2v) is 3.23. The minimum atomic E-state index is -0.503. The topological polar surface area (TPSA) is 79.5 Å². The minimum Gasteiger partial charge on any atom is -0.395 e. The molecule has 0 atom stereocenters. The van der Waals surface area contributed by atoms with Crippen LogP contribution in [0.25, 0.3) is 0 Å². The van der Waals surface area contributed by atoms with Crippen molar-refractivity contribution in [3.8, 4) is 0 Å². The van der Waals surface area contributed by atoms with Crippen LogP contribution in [0.5, 0.6) is 0 Å². The molecule has 0 bridgehead atoms. The first-order valence-electron chi connectivity index (χ1n) is 4.91. The van der Waals surface area contributed by atoms with Gasteiger partial charge in [0.2, 0.25) is 5.91 Å². The van der Waals surface area contributed by atoms with Crippen molar-refractivity contribution in [3.63, 3.8) is 0 Å².